The molecule has 5 heteroatoms. The fourth-order valence-electron chi connectivity index (χ4n) is 2.69. The number of likely N-dealkylation sites (N-methyl/N-ethyl adjacent to an activating group) is 3. The second kappa shape index (κ2) is 6.42. The summed E-state index contributed by atoms with van der Waals surface area (Å²) in [6.45, 7) is 3.24. The van der Waals surface area contributed by atoms with Crippen LogP contribution in [0.4, 0.5) is 0 Å². The summed E-state index contributed by atoms with van der Waals surface area (Å²) in [6.07, 6.45) is 0. The van der Waals surface area contributed by atoms with E-state index in [9.17, 15) is 0 Å². The smallest absolute Gasteiger partial charge is 0.0595 e. The van der Waals surface area contributed by atoms with E-state index < -0.39 is 0 Å². The maximum atomic E-state index is 6.14. The van der Waals surface area contributed by atoms with Gasteiger partial charge in [-0.25, -0.2) is 0 Å². The third-order valence-electron chi connectivity index (χ3n) is 3.90. The number of rotatable bonds is 3. The zero-order chi connectivity index (χ0) is 14.0. The van der Waals surface area contributed by atoms with Crippen LogP contribution in [0.2, 0.25) is 10.0 Å². The second-order valence-corrected chi connectivity index (χ2v) is 6.06. The molecule has 106 valence electrons. The first-order chi connectivity index (χ1) is 9.02. The first kappa shape index (κ1) is 15.1. The van der Waals surface area contributed by atoms with E-state index in [0.29, 0.717) is 16.1 Å². The number of nitrogens with zero attached hydrogens (tertiary/aromatic N) is 2. The highest BCUT2D eigenvalue weighted by Gasteiger charge is 2.30. The highest BCUT2D eigenvalue weighted by molar-refractivity contribution is 6.42. The molecule has 0 aliphatic carbocycles. The third kappa shape index (κ3) is 3.41. The van der Waals surface area contributed by atoms with Crippen molar-refractivity contribution >= 4 is 23.2 Å². The lowest BCUT2D eigenvalue weighted by Crippen LogP contribution is -2.54. The molecule has 0 spiro atoms. The summed E-state index contributed by atoms with van der Waals surface area (Å²) in [4.78, 5) is 4.77. The molecule has 1 aliphatic heterocycles. The van der Waals surface area contributed by atoms with Crippen LogP contribution in [0.25, 0.3) is 0 Å². The molecule has 1 aromatic carbocycles. The molecule has 1 fully saturated rings. The standard InChI is InChI=1S/C14H21Cl2N3/c1-17-14(10-4-5-11(15)12(16)8-10)13-9-18(2)6-7-19(13)3/h4-5,8,13-14,17H,6-7,9H2,1-3H3. The number of nitrogens with one attached hydrogen (secondary N) is 1. The molecule has 1 aromatic rings. The quantitative estimate of drug-likeness (QED) is 0.925. The Morgan fingerprint density at radius 3 is 2.58 bits per heavy atom. The largest absolute Gasteiger partial charge is 0.312 e. The molecule has 0 bridgehead atoms. The highest BCUT2D eigenvalue weighted by Crippen LogP contribution is 2.29. The van der Waals surface area contributed by atoms with Gasteiger partial charge >= 0.3 is 0 Å². The van der Waals surface area contributed by atoms with Crippen LogP contribution in [0.3, 0.4) is 0 Å². The van der Waals surface area contributed by atoms with E-state index in [1.807, 2.05) is 19.2 Å². The molecule has 1 N–H and O–H groups in total. The van der Waals surface area contributed by atoms with E-state index in [1.54, 1.807) is 0 Å². The molecular formula is C14H21Cl2N3. The van der Waals surface area contributed by atoms with Crippen molar-refractivity contribution in [2.24, 2.45) is 0 Å². The molecule has 0 radical (unpaired) electrons. The number of benzene rings is 1. The van der Waals surface area contributed by atoms with E-state index in [-0.39, 0.29) is 6.04 Å². The second-order valence-electron chi connectivity index (χ2n) is 5.25. The van der Waals surface area contributed by atoms with Crippen molar-refractivity contribution < 1.29 is 0 Å². The van der Waals surface area contributed by atoms with Gasteiger partial charge in [0.2, 0.25) is 0 Å². The Bertz CT molecular complexity index is 439. The number of halogens is 2. The molecule has 0 saturated carbocycles. The lowest BCUT2D eigenvalue weighted by Gasteiger charge is -2.42. The number of hydrogen-bond donors (Lipinski definition) is 1. The third-order valence-corrected chi connectivity index (χ3v) is 4.64. The fourth-order valence-corrected chi connectivity index (χ4v) is 3.00. The minimum absolute atomic E-state index is 0.252. The van der Waals surface area contributed by atoms with Crippen LogP contribution in [-0.2, 0) is 0 Å². The first-order valence-electron chi connectivity index (χ1n) is 6.54. The van der Waals surface area contributed by atoms with Gasteiger partial charge in [0.05, 0.1) is 10.0 Å². The Kier molecular flexibility index (Phi) is 5.09. The van der Waals surface area contributed by atoms with E-state index in [4.69, 9.17) is 23.2 Å². The van der Waals surface area contributed by atoms with Crippen LogP contribution in [0.5, 0.6) is 0 Å². The molecule has 1 aliphatic rings. The molecule has 2 rings (SSSR count). The summed E-state index contributed by atoms with van der Waals surface area (Å²) >= 11 is 12.1. The Hall–Kier alpha value is -0.320. The van der Waals surface area contributed by atoms with E-state index in [2.05, 4.69) is 35.3 Å². The van der Waals surface area contributed by atoms with Gasteiger partial charge in [0.1, 0.15) is 0 Å². The summed E-state index contributed by atoms with van der Waals surface area (Å²) < 4.78 is 0. The molecule has 0 amide bonds. The molecule has 1 heterocycles. The van der Waals surface area contributed by atoms with Crippen molar-refractivity contribution in [3.05, 3.63) is 33.8 Å². The monoisotopic (exact) mass is 301 g/mol. The van der Waals surface area contributed by atoms with Crippen LogP contribution in [0, 0.1) is 0 Å². The molecular weight excluding hydrogens is 281 g/mol. The van der Waals surface area contributed by atoms with E-state index >= 15 is 0 Å². The average molecular weight is 302 g/mol. The van der Waals surface area contributed by atoms with Gasteiger partial charge in [-0.1, -0.05) is 29.3 Å². The number of piperazine rings is 1. The molecule has 2 unspecified atom stereocenters. The van der Waals surface area contributed by atoms with Crippen molar-refractivity contribution in [1.29, 1.82) is 0 Å². The van der Waals surface area contributed by atoms with E-state index in [0.717, 1.165) is 19.6 Å². The lowest BCUT2D eigenvalue weighted by atomic mass is 9.96. The van der Waals surface area contributed by atoms with Gasteiger partial charge in [-0.3, -0.25) is 4.90 Å². The Balaban J connectivity index is 2.25. The molecule has 2 atom stereocenters. The zero-order valence-corrected chi connectivity index (χ0v) is 13.2. The zero-order valence-electron chi connectivity index (χ0n) is 11.7. The molecule has 3 nitrogen and oxygen atoms in total. The topological polar surface area (TPSA) is 18.5 Å². The van der Waals surface area contributed by atoms with Gasteiger partial charge in [0, 0.05) is 31.7 Å². The predicted molar refractivity (Wildman–Crippen MR) is 82.2 cm³/mol. The minimum Gasteiger partial charge on any atom is -0.312 e. The van der Waals surface area contributed by atoms with Crippen LogP contribution in [0.1, 0.15) is 11.6 Å². The molecule has 1 saturated heterocycles. The van der Waals surface area contributed by atoms with Gasteiger partial charge in [-0.2, -0.15) is 0 Å². The maximum absolute atomic E-state index is 6.14. The van der Waals surface area contributed by atoms with Crippen LogP contribution in [0.15, 0.2) is 18.2 Å². The van der Waals surface area contributed by atoms with Crippen molar-refractivity contribution in [2.75, 3.05) is 40.8 Å². The van der Waals surface area contributed by atoms with Gasteiger partial charge in [0.15, 0.2) is 0 Å². The molecule has 0 aromatic heterocycles. The summed E-state index contributed by atoms with van der Waals surface area (Å²) in [5.74, 6) is 0. The summed E-state index contributed by atoms with van der Waals surface area (Å²) in [5, 5.41) is 4.64. The van der Waals surface area contributed by atoms with Crippen molar-refractivity contribution in [3.63, 3.8) is 0 Å². The SMILES string of the molecule is CNC(c1ccc(Cl)c(Cl)c1)C1CN(C)CCN1C. The normalized spacial score (nSPS) is 23.5. The summed E-state index contributed by atoms with van der Waals surface area (Å²) in [5.41, 5.74) is 1.18. The Morgan fingerprint density at radius 1 is 1.21 bits per heavy atom. The summed E-state index contributed by atoms with van der Waals surface area (Å²) in [7, 11) is 6.34. The lowest BCUT2D eigenvalue weighted by molar-refractivity contribution is 0.0897. The van der Waals surface area contributed by atoms with Crippen molar-refractivity contribution in [3.8, 4) is 0 Å². The minimum atomic E-state index is 0.252. The van der Waals surface area contributed by atoms with Crippen LogP contribution < -0.4 is 5.32 Å². The predicted octanol–water partition coefficient (Wildman–Crippen LogP) is 2.50. The van der Waals surface area contributed by atoms with Crippen molar-refractivity contribution in [2.45, 2.75) is 12.1 Å². The summed E-state index contributed by atoms with van der Waals surface area (Å²) in [6, 6.07) is 6.57. The average Bonchev–Trinajstić information content (AvgIpc) is 2.38. The molecule has 19 heavy (non-hydrogen) atoms. The Morgan fingerprint density at radius 2 is 1.95 bits per heavy atom. The van der Waals surface area contributed by atoms with Gasteiger partial charge in [0.25, 0.3) is 0 Å². The van der Waals surface area contributed by atoms with Gasteiger partial charge in [-0.15, -0.1) is 0 Å². The maximum Gasteiger partial charge on any atom is 0.0595 e. The van der Waals surface area contributed by atoms with Crippen molar-refractivity contribution in [1.82, 2.24) is 15.1 Å². The van der Waals surface area contributed by atoms with Crippen LogP contribution in [-0.4, -0.2) is 56.6 Å². The van der Waals surface area contributed by atoms with E-state index in [1.165, 1.54) is 5.56 Å². The fraction of sp³-hybridized carbons (Fsp3) is 0.571. The van der Waals surface area contributed by atoms with Gasteiger partial charge < -0.3 is 10.2 Å². The number of hydrogen-bond acceptors (Lipinski definition) is 3. The Labute approximate surface area is 125 Å². The highest BCUT2D eigenvalue weighted by atomic mass is 35.5. The van der Waals surface area contributed by atoms with Crippen LogP contribution >= 0.6 is 23.2 Å². The van der Waals surface area contributed by atoms with Gasteiger partial charge in [-0.05, 0) is 38.8 Å². The first-order valence-corrected chi connectivity index (χ1v) is 7.29.